The molecule has 2 rings (SSSR count). The summed E-state index contributed by atoms with van der Waals surface area (Å²) in [6.07, 6.45) is 1.51. The van der Waals surface area contributed by atoms with Gasteiger partial charge in [-0.2, -0.15) is 0 Å². The van der Waals surface area contributed by atoms with Crippen LogP contribution in [0.2, 0.25) is 5.02 Å². The molecular weight excluding hydrogens is 447 g/mol. The van der Waals surface area contributed by atoms with Crippen LogP contribution in [0.1, 0.15) is 52.5 Å². The van der Waals surface area contributed by atoms with Crippen molar-refractivity contribution in [3.05, 3.63) is 64.9 Å². The lowest BCUT2D eigenvalue weighted by molar-refractivity contribution is -0.142. The molecule has 4 nitrogen and oxygen atoms in total. The Hall–Kier alpha value is -2.05. The molecule has 0 unspecified atom stereocenters. The van der Waals surface area contributed by atoms with Crippen LogP contribution >= 0.6 is 23.4 Å². The average Bonchev–Trinajstić information content (AvgIpc) is 2.72. The fourth-order valence-corrected chi connectivity index (χ4v) is 4.23. The van der Waals surface area contributed by atoms with Crippen molar-refractivity contribution < 1.29 is 14.0 Å². The molecule has 0 aliphatic heterocycles. The van der Waals surface area contributed by atoms with Gasteiger partial charge >= 0.3 is 0 Å². The number of hydrogen-bond acceptors (Lipinski definition) is 3. The molecule has 0 fully saturated rings. The molecule has 1 atom stereocenters. The first-order valence-corrected chi connectivity index (χ1v) is 12.2. The highest BCUT2D eigenvalue weighted by molar-refractivity contribution is 7.99. The topological polar surface area (TPSA) is 49.4 Å². The Balaban J connectivity index is 2.07. The Labute approximate surface area is 199 Å². The second-order valence-corrected chi connectivity index (χ2v) is 10.3. The van der Waals surface area contributed by atoms with Crippen molar-refractivity contribution in [1.82, 2.24) is 10.2 Å². The number of nitrogens with one attached hydrogen (secondary N) is 1. The highest BCUT2D eigenvalue weighted by Gasteiger charge is 2.30. The van der Waals surface area contributed by atoms with Gasteiger partial charge in [-0.3, -0.25) is 9.59 Å². The first-order valence-electron chi connectivity index (χ1n) is 10.8. The normalized spacial score (nSPS) is 12.3. The van der Waals surface area contributed by atoms with Crippen LogP contribution < -0.4 is 5.32 Å². The Kier molecular flexibility index (Phi) is 10.0. The summed E-state index contributed by atoms with van der Waals surface area (Å²) in [5, 5.41) is 3.68. The highest BCUT2D eigenvalue weighted by atomic mass is 35.5. The van der Waals surface area contributed by atoms with Gasteiger partial charge in [0.25, 0.3) is 0 Å². The van der Waals surface area contributed by atoms with E-state index in [1.54, 1.807) is 28.8 Å². The monoisotopic (exact) mass is 478 g/mol. The summed E-state index contributed by atoms with van der Waals surface area (Å²) in [6, 6.07) is 13.1. The van der Waals surface area contributed by atoms with E-state index >= 15 is 0 Å². The number of carbonyl (C=O) groups excluding carboxylic acids is 2. The first-order chi connectivity index (χ1) is 15.1. The lowest BCUT2D eigenvalue weighted by Gasteiger charge is -2.33. The molecule has 0 radical (unpaired) electrons. The second-order valence-electron chi connectivity index (χ2n) is 8.72. The number of halogens is 2. The maximum atomic E-state index is 13.3. The number of thioether (sulfide) groups is 1. The Morgan fingerprint density at radius 1 is 1.09 bits per heavy atom. The van der Waals surface area contributed by atoms with Crippen LogP contribution in [0.25, 0.3) is 0 Å². The van der Waals surface area contributed by atoms with Gasteiger partial charge in [0.2, 0.25) is 11.8 Å². The van der Waals surface area contributed by atoms with Crippen LogP contribution in [0.5, 0.6) is 0 Å². The fraction of sp³-hybridized carbons (Fsp3) is 0.440. The van der Waals surface area contributed by atoms with Crippen molar-refractivity contribution in [2.45, 2.75) is 70.0 Å². The number of hydrogen-bond donors (Lipinski definition) is 1. The van der Waals surface area contributed by atoms with Crippen molar-refractivity contribution in [1.29, 1.82) is 0 Å². The molecule has 0 spiro atoms. The van der Waals surface area contributed by atoms with Crippen molar-refractivity contribution in [2.24, 2.45) is 0 Å². The van der Waals surface area contributed by atoms with Crippen LogP contribution in [0.3, 0.4) is 0 Å². The van der Waals surface area contributed by atoms with Gasteiger partial charge in [-0.25, -0.2) is 4.39 Å². The van der Waals surface area contributed by atoms with E-state index in [-0.39, 0.29) is 24.2 Å². The minimum absolute atomic E-state index is 0.0815. The van der Waals surface area contributed by atoms with Crippen LogP contribution in [-0.2, 0) is 16.1 Å². The molecule has 0 bridgehead atoms. The van der Waals surface area contributed by atoms with E-state index in [2.05, 4.69) is 5.32 Å². The molecule has 0 saturated carbocycles. The average molecular weight is 479 g/mol. The number of nitrogens with zero attached hydrogens (tertiary/aromatic N) is 1. The molecule has 0 aliphatic rings. The molecule has 0 heterocycles. The smallest absolute Gasteiger partial charge is 0.243 e. The van der Waals surface area contributed by atoms with Crippen molar-refractivity contribution in [3.63, 3.8) is 0 Å². The van der Waals surface area contributed by atoms with E-state index in [0.29, 0.717) is 24.3 Å². The molecule has 0 saturated heterocycles. The summed E-state index contributed by atoms with van der Waals surface area (Å²) in [4.78, 5) is 28.9. The summed E-state index contributed by atoms with van der Waals surface area (Å²) in [7, 11) is 0. The SMILES string of the molecule is CC[C@@H](C(=O)NC(C)(C)C)N(Cc1ccc(F)cc1)C(=O)CCCSc1ccc(Cl)cc1. The van der Waals surface area contributed by atoms with Gasteiger partial charge in [0.1, 0.15) is 11.9 Å². The quantitative estimate of drug-likeness (QED) is 0.333. The summed E-state index contributed by atoms with van der Waals surface area (Å²) < 4.78 is 13.3. The number of rotatable bonds is 10. The Bertz CT molecular complexity index is 882. The third-order valence-corrected chi connectivity index (χ3v) is 6.12. The second kappa shape index (κ2) is 12.3. The van der Waals surface area contributed by atoms with Gasteiger partial charge in [-0.05, 0) is 81.3 Å². The van der Waals surface area contributed by atoms with Gasteiger partial charge in [0, 0.05) is 28.4 Å². The molecule has 174 valence electrons. The number of carbonyl (C=O) groups is 2. The molecule has 7 heteroatoms. The number of amides is 2. The fourth-order valence-electron chi connectivity index (χ4n) is 3.25. The lowest BCUT2D eigenvalue weighted by Crippen LogP contribution is -2.53. The summed E-state index contributed by atoms with van der Waals surface area (Å²) in [5.41, 5.74) is 0.391. The van der Waals surface area contributed by atoms with Gasteiger partial charge < -0.3 is 10.2 Å². The largest absolute Gasteiger partial charge is 0.350 e. The third kappa shape index (κ3) is 8.83. The first kappa shape index (κ1) is 26.2. The molecule has 2 aromatic carbocycles. The van der Waals surface area contributed by atoms with E-state index in [1.807, 2.05) is 52.0 Å². The van der Waals surface area contributed by atoms with Gasteiger partial charge in [-0.15, -0.1) is 11.8 Å². The summed E-state index contributed by atoms with van der Waals surface area (Å²) in [5.74, 6) is 0.194. The minimum Gasteiger partial charge on any atom is -0.350 e. The summed E-state index contributed by atoms with van der Waals surface area (Å²) in [6.45, 7) is 7.90. The molecular formula is C25H32ClFN2O2S. The Morgan fingerprint density at radius 2 is 1.72 bits per heavy atom. The van der Waals surface area contributed by atoms with Crippen LogP contribution in [-0.4, -0.2) is 34.0 Å². The molecule has 32 heavy (non-hydrogen) atoms. The zero-order valence-electron chi connectivity index (χ0n) is 19.2. The van der Waals surface area contributed by atoms with Crippen LogP contribution in [0, 0.1) is 5.82 Å². The van der Waals surface area contributed by atoms with Gasteiger partial charge in [0.15, 0.2) is 0 Å². The van der Waals surface area contributed by atoms with Crippen molar-refractivity contribution in [3.8, 4) is 0 Å². The van der Waals surface area contributed by atoms with Crippen LogP contribution in [0.15, 0.2) is 53.4 Å². The van der Waals surface area contributed by atoms with E-state index < -0.39 is 11.6 Å². The zero-order valence-corrected chi connectivity index (χ0v) is 20.7. The maximum Gasteiger partial charge on any atom is 0.243 e. The van der Waals surface area contributed by atoms with Gasteiger partial charge in [-0.1, -0.05) is 30.7 Å². The maximum absolute atomic E-state index is 13.3. The highest BCUT2D eigenvalue weighted by Crippen LogP contribution is 2.22. The van der Waals surface area contributed by atoms with Gasteiger partial charge in [0.05, 0.1) is 0 Å². The van der Waals surface area contributed by atoms with E-state index in [0.717, 1.165) is 16.2 Å². The molecule has 1 N–H and O–H groups in total. The molecule has 2 aromatic rings. The lowest BCUT2D eigenvalue weighted by atomic mass is 10.0. The molecule has 2 amide bonds. The standard InChI is InChI=1S/C25H32ClFN2O2S/c1-5-22(24(31)28-25(2,3)4)29(17-18-8-12-20(27)13-9-18)23(30)7-6-16-32-21-14-10-19(26)11-15-21/h8-15,22H,5-7,16-17H2,1-4H3,(H,28,31)/t22-/m0/s1. The van der Waals surface area contributed by atoms with E-state index in [9.17, 15) is 14.0 Å². The number of benzene rings is 2. The Morgan fingerprint density at radius 3 is 2.28 bits per heavy atom. The third-order valence-electron chi connectivity index (χ3n) is 4.77. The van der Waals surface area contributed by atoms with Crippen molar-refractivity contribution in [2.75, 3.05) is 5.75 Å². The summed E-state index contributed by atoms with van der Waals surface area (Å²) >= 11 is 7.59. The predicted molar refractivity (Wildman–Crippen MR) is 130 cm³/mol. The zero-order chi connectivity index (χ0) is 23.7. The molecule has 0 aliphatic carbocycles. The minimum atomic E-state index is -0.587. The van der Waals surface area contributed by atoms with E-state index in [4.69, 9.17) is 11.6 Å². The van der Waals surface area contributed by atoms with Crippen LogP contribution in [0.4, 0.5) is 4.39 Å². The van der Waals surface area contributed by atoms with E-state index in [1.165, 1.54) is 12.1 Å². The molecule has 0 aromatic heterocycles. The van der Waals surface area contributed by atoms with Crippen molar-refractivity contribution >= 4 is 35.2 Å². The predicted octanol–water partition coefficient (Wildman–Crippen LogP) is 6.07.